The minimum absolute atomic E-state index is 0.669. The van der Waals surface area contributed by atoms with E-state index in [4.69, 9.17) is 14.4 Å². The molecule has 184 valence electrons. The van der Waals surface area contributed by atoms with Gasteiger partial charge in [0.1, 0.15) is 11.2 Å². The summed E-state index contributed by atoms with van der Waals surface area (Å²) < 4.78 is 8.67. The second kappa shape index (κ2) is 7.13. The van der Waals surface area contributed by atoms with Crippen molar-refractivity contribution in [2.24, 2.45) is 0 Å². The van der Waals surface area contributed by atoms with E-state index in [1.54, 1.807) is 0 Å². The van der Waals surface area contributed by atoms with Crippen molar-refractivity contribution in [1.29, 1.82) is 0 Å². The Morgan fingerprint density at radius 2 is 1.23 bits per heavy atom. The van der Waals surface area contributed by atoms with E-state index >= 15 is 0 Å². The largest absolute Gasteiger partial charge is 0.456 e. The van der Waals surface area contributed by atoms with E-state index < -0.39 is 0 Å². The molecule has 3 heterocycles. The Bertz CT molecular complexity index is 2540. The lowest BCUT2D eigenvalue weighted by molar-refractivity contribution is 0.669. The molecule has 40 heavy (non-hydrogen) atoms. The zero-order valence-corrected chi connectivity index (χ0v) is 21.2. The van der Waals surface area contributed by atoms with Gasteiger partial charge in [-0.15, -0.1) is 0 Å². The molecular weight excluding hydrogens is 490 g/mol. The van der Waals surface area contributed by atoms with Crippen LogP contribution in [-0.2, 0) is 0 Å². The third-order valence-electron chi connectivity index (χ3n) is 8.53. The third-order valence-corrected chi connectivity index (χ3v) is 8.53. The van der Waals surface area contributed by atoms with Gasteiger partial charge in [-0.05, 0) is 52.2 Å². The molecule has 0 fully saturated rings. The molecule has 0 bridgehead atoms. The summed E-state index contributed by atoms with van der Waals surface area (Å²) in [6.45, 7) is 0. The molecule has 0 amide bonds. The normalized spacial score (nSPS) is 12.5. The molecule has 0 spiro atoms. The minimum Gasteiger partial charge on any atom is -0.456 e. The summed E-state index contributed by atoms with van der Waals surface area (Å²) in [5.74, 6) is 0.669. The van der Waals surface area contributed by atoms with E-state index in [1.165, 1.54) is 43.4 Å². The highest BCUT2D eigenvalue weighted by Gasteiger charge is 2.27. The van der Waals surface area contributed by atoms with Crippen LogP contribution in [0.1, 0.15) is 0 Å². The van der Waals surface area contributed by atoms with Crippen LogP contribution in [0.2, 0.25) is 0 Å². The van der Waals surface area contributed by atoms with E-state index in [9.17, 15) is 0 Å². The van der Waals surface area contributed by atoms with Crippen molar-refractivity contribution in [3.8, 4) is 28.3 Å². The van der Waals surface area contributed by atoms with E-state index in [0.717, 1.165) is 44.4 Å². The average Bonchev–Trinajstić information content (AvgIpc) is 3.52. The molecule has 0 unspecified atom stereocenters. The van der Waals surface area contributed by atoms with E-state index in [1.807, 2.05) is 12.1 Å². The van der Waals surface area contributed by atoms with Crippen molar-refractivity contribution in [3.63, 3.8) is 0 Å². The number of nitrogens with zero attached hydrogens (tertiary/aromatic N) is 3. The molecule has 0 N–H and O–H groups in total. The number of hydrogen-bond acceptors (Lipinski definition) is 3. The summed E-state index contributed by atoms with van der Waals surface area (Å²) >= 11 is 0. The standard InChI is InChI=1S/C36H19N3O/c1-2-8-21(9-3-1)35-24-11-4-5-14-25(24)37-36(38-35)39-26-17-16-20-10-6-12-22-23-13-7-15-28-31(23)34-29(40-28)19-18-27(39)33(34)32(26)30(20)22/h1-19H. The van der Waals surface area contributed by atoms with Gasteiger partial charge in [0.05, 0.1) is 22.2 Å². The Kier molecular flexibility index (Phi) is 3.65. The molecule has 4 nitrogen and oxygen atoms in total. The average molecular weight is 510 g/mol. The highest BCUT2D eigenvalue weighted by molar-refractivity contribution is 6.37. The molecule has 6 aromatic carbocycles. The van der Waals surface area contributed by atoms with Crippen molar-refractivity contribution in [2.75, 3.05) is 0 Å². The fraction of sp³-hybridized carbons (Fsp3) is 0. The Morgan fingerprint density at radius 1 is 0.500 bits per heavy atom. The fourth-order valence-electron chi connectivity index (χ4n) is 6.92. The molecule has 1 aliphatic carbocycles. The summed E-state index contributed by atoms with van der Waals surface area (Å²) in [6.07, 6.45) is 0. The second-order valence-corrected chi connectivity index (χ2v) is 10.6. The van der Waals surface area contributed by atoms with Gasteiger partial charge < -0.3 is 4.42 Å². The molecule has 4 heteroatoms. The topological polar surface area (TPSA) is 43.9 Å². The predicted octanol–water partition coefficient (Wildman–Crippen LogP) is 9.43. The van der Waals surface area contributed by atoms with Crippen molar-refractivity contribution < 1.29 is 4.42 Å². The van der Waals surface area contributed by atoms with Crippen LogP contribution in [0.15, 0.2) is 120 Å². The Balaban J connectivity index is 1.45. The SMILES string of the molecule is c1ccc(-c2nc(-n3c4ccc5cccc6c5c4c4c5c(ccc43)oc3cccc-6c35)nc3ccccc23)cc1. The van der Waals surface area contributed by atoms with Crippen molar-refractivity contribution in [1.82, 2.24) is 14.5 Å². The van der Waals surface area contributed by atoms with Crippen LogP contribution in [-0.4, -0.2) is 14.5 Å². The lowest BCUT2D eigenvalue weighted by Crippen LogP contribution is -2.03. The van der Waals surface area contributed by atoms with Crippen LogP contribution in [0.3, 0.4) is 0 Å². The van der Waals surface area contributed by atoms with Gasteiger partial charge in [-0.2, -0.15) is 0 Å². The summed E-state index contributed by atoms with van der Waals surface area (Å²) in [6, 6.07) is 40.4. The number of benzene rings is 6. The first-order valence-corrected chi connectivity index (χ1v) is 13.5. The van der Waals surface area contributed by atoms with Crippen molar-refractivity contribution in [3.05, 3.63) is 115 Å². The Morgan fingerprint density at radius 3 is 2.12 bits per heavy atom. The summed E-state index contributed by atoms with van der Waals surface area (Å²) in [5.41, 5.74) is 9.38. The molecule has 9 aromatic rings. The Hall–Kier alpha value is -5.48. The van der Waals surface area contributed by atoms with Gasteiger partial charge >= 0.3 is 0 Å². The van der Waals surface area contributed by atoms with Gasteiger partial charge in [-0.3, -0.25) is 4.57 Å². The number of furan rings is 1. The highest BCUT2D eigenvalue weighted by atomic mass is 16.3. The summed E-state index contributed by atoms with van der Waals surface area (Å²) in [5, 5.41) is 8.31. The van der Waals surface area contributed by atoms with Gasteiger partial charge in [0, 0.05) is 32.5 Å². The van der Waals surface area contributed by atoms with E-state index in [2.05, 4.69) is 108 Å². The number of fused-ring (bicyclic) bond motifs is 2. The lowest BCUT2D eigenvalue weighted by atomic mass is 9.95. The number of para-hydroxylation sites is 1. The fourth-order valence-corrected chi connectivity index (χ4v) is 6.92. The summed E-state index contributed by atoms with van der Waals surface area (Å²) in [7, 11) is 0. The molecule has 3 aromatic heterocycles. The zero-order chi connectivity index (χ0) is 25.9. The minimum atomic E-state index is 0.669. The molecule has 0 aliphatic heterocycles. The number of hydrogen-bond donors (Lipinski definition) is 0. The maximum absolute atomic E-state index is 6.42. The summed E-state index contributed by atoms with van der Waals surface area (Å²) in [4.78, 5) is 10.4. The lowest BCUT2D eigenvalue weighted by Gasteiger charge is -2.13. The predicted molar refractivity (Wildman–Crippen MR) is 163 cm³/mol. The van der Waals surface area contributed by atoms with Crippen LogP contribution >= 0.6 is 0 Å². The second-order valence-electron chi connectivity index (χ2n) is 10.6. The van der Waals surface area contributed by atoms with Crippen LogP contribution < -0.4 is 0 Å². The monoisotopic (exact) mass is 509 g/mol. The molecule has 0 radical (unpaired) electrons. The maximum atomic E-state index is 6.42. The van der Waals surface area contributed by atoms with Crippen LogP contribution in [0, 0.1) is 0 Å². The highest BCUT2D eigenvalue weighted by Crippen LogP contribution is 2.50. The van der Waals surface area contributed by atoms with Crippen LogP contribution in [0.4, 0.5) is 0 Å². The quantitative estimate of drug-likeness (QED) is 0.233. The van der Waals surface area contributed by atoms with Crippen LogP contribution in [0.25, 0.3) is 93.8 Å². The molecule has 0 saturated heterocycles. The smallest absolute Gasteiger partial charge is 0.235 e. The van der Waals surface area contributed by atoms with Crippen molar-refractivity contribution in [2.45, 2.75) is 0 Å². The first kappa shape index (κ1) is 20.5. The zero-order valence-electron chi connectivity index (χ0n) is 21.2. The molecule has 1 aliphatic rings. The van der Waals surface area contributed by atoms with Gasteiger partial charge in [0.25, 0.3) is 0 Å². The van der Waals surface area contributed by atoms with E-state index in [0.29, 0.717) is 5.95 Å². The number of aromatic nitrogens is 3. The molecular formula is C36H19N3O. The van der Waals surface area contributed by atoms with Gasteiger partial charge in [0.15, 0.2) is 0 Å². The third kappa shape index (κ3) is 2.42. The van der Waals surface area contributed by atoms with Gasteiger partial charge in [0.2, 0.25) is 5.95 Å². The van der Waals surface area contributed by atoms with Crippen LogP contribution in [0.5, 0.6) is 0 Å². The maximum Gasteiger partial charge on any atom is 0.235 e. The van der Waals surface area contributed by atoms with E-state index in [-0.39, 0.29) is 0 Å². The van der Waals surface area contributed by atoms with Crippen molar-refractivity contribution >= 4 is 65.4 Å². The number of rotatable bonds is 2. The Labute approximate surface area is 227 Å². The molecule has 0 saturated carbocycles. The van der Waals surface area contributed by atoms with Gasteiger partial charge in [-0.1, -0.05) is 84.9 Å². The van der Waals surface area contributed by atoms with Gasteiger partial charge in [-0.25, -0.2) is 9.97 Å². The first-order chi connectivity index (χ1) is 19.8. The molecule has 10 rings (SSSR count). The molecule has 0 atom stereocenters. The first-order valence-electron chi connectivity index (χ1n) is 13.5.